The summed E-state index contributed by atoms with van der Waals surface area (Å²) in [5.41, 5.74) is 1.98. The molecule has 4 nitrogen and oxygen atoms in total. The van der Waals surface area contributed by atoms with Gasteiger partial charge in [0.15, 0.2) is 0 Å². The topological polar surface area (TPSA) is 66.4 Å². The van der Waals surface area contributed by atoms with Crippen LogP contribution in [0.4, 0.5) is 5.69 Å². The van der Waals surface area contributed by atoms with E-state index in [1.165, 1.54) is 12.1 Å². The van der Waals surface area contributed by atoms with Crippen molar-refractivity contribution in [2.75, 3.05) is 4.72 Å². The maximum atomic E-state index is 12.2. The lowest BCUT2D eigenvalue weighted by atomic mass is 10.1. The van der Waals surface area contributed by atoms with E-state index in [0.717, 1.165) is 5.56 Å². The molecule has 2 rings (SSSR count). The fourth-order valence-corrected chi connectivity index (χ4v) is 2.81. The van der Waals surface area contributed by atoms with Gasteiger partial charge in [-0.3, -0.25) is 4.72 Å². The highest BCUT2D eigenvalue weighted by atomic mass is 32.2. The number of nitrogens with one attached hydrogen (secondary N) is 1. The first-order valence-corrected chi connectivity index (χ1v) is 7.29. The third kappa shape index (κ3) is 3.13. The first-order chi connectivity index (χ1) is 9.03. The summed E-state index contributed by atoms with van der Waals surface area (Å²) < 4.78 is 26.9. The highest BCUT2D eigenvalue weighted by molar-refractivity contribution is 7.92. The van der Waals surface area contributed by atoms with Crippen molar-refractivity contribution in [2.24, 2.45) is 0 Å². The van der Waals surface area contributed by atoms with Gasteiger partial charge in [-0.05, 0) is 42.3 Å². The first-order valence-electron chi connectivity index (χ1n) is 5.81. The van der Waals surface area contributed by atoms with Crippen LogP contribution in [-0.4, -0.2) is 13.5 Å². The Kier molecular flexibility index (Phi) is 3.87. The summed E-state index contributed by atoms with van der Waals surface area (Å²) in [6, 6.07) is 13.4. The monoisotopic (exact) mass is 277 g/mol. The Hall–Kier alpha value is -1.85. The quantitative estimate of drug-likeness (QED) is 0.901. The predicted octanol–water partition coefficient (Wildman–Crippen LogP) is 2.29. The van der Waals surface area contributed by atoms with Crippen molar-refractivity contribution in [3.8, 4) is 0 Å². The van der Waals surface area contributed by atoms with Crippen molar-refractivity contribution in [3.05, 3.63) is 59.7 Å². The molecule has 0 unspecified atom stereocenters. The standard InChI is InChI=1S/C14H15NO3S/c1-11-7-8-14(9-12(11)10-16)19(17,18)15-13-5-3-2-4-6-13/h2-9,15-16H,10H2,1H3. The minimum atomic E-state index is -3.62. The third-order valence-corrected chi connectivity index (χ3v) is 4.21. The number of aliphatic hydroxyl groups is 1. The molecule has 0 atom stereocenters. The van der Waals surface area contributed by atoms with Crippen LogP contribution in [0.5, 0.6) is 0 Å². The van der Waals surface area contributed by atoms with Gasteiger partial charge in [0.2, 0.25) is 0 Å². The van der Waals surface area contributed by atoms with Crippen LogP contribution in [0.25, 0.3) is 0 Å². The molecule has 5 heteroatoms. The summed E-state index contributed by atoms with van der Waals surface area (Å²) in [5, 5.41) is 9.18. The van der Waals surface area contributed by atoms with Crippen molar-refractivity contribution < 1.29 is 13.5 Å². The molecular weight excluding hydrogens is 262 g/mol. The molecule has 0 heterocycles. The van der Waals surface area contributed by atoms with Crippen LogP contribution < -0.4 is 4.72 Å². The lowest BCUT2D eigenvalue weighted by molar-refractivity contribution is 0.281. The van der Waals surface area contributed by atoms with Crippen molar-refractivity contribution in [1.82, 2.24) is 0 Å². The molecule has 0 aromatic heterocycles. The van der Waals surface area contributed by atoms with Gasteiger partial charge in [-0.15, -0.1) is 0 Å². The second-order valence-corrected chi connectivity index (χ2v) is 5.90. The van der Waals surface area contributed by atoms with Crippen LogP contribution >= 0.6 is 0 Å². The van der Waals surface area contributed by atoms with E-state index in [1.807, 2.05) is 13.0 Å². The molecule has 0 amide bonds. The summed E-state index contributed by atoms with van der Waals surface area (Å²) in [5.74, 6) is 0. The zero-order valence-electron chi connectivity index (χ0n) is 10.5. The van der Waals surface area contributed by atoms with Crippen molar-refractivity contribution in [3.63, 3.8) is 0 Å². The van der Waals surface area contributed by atoms with Crippen LogP contribution in [0.15, 0.2) is 53.4 Å². The molecule has 2 N–H and O–H groups in total. The molecule has 0 saturated heterocycles. The van der Waals surface area contributed by atoms with Crippen LogP contribution in [0.1, 0.15) is 11.1 Å². The van der Waals surface area contributed by atoms with Crippen LogP contribution in [-0.2, 0) is 16.6 Å². The second-order valence-electron chi connectivity index (χ2n) is 4.22. The molecule has 19 heavy (non-hydrogen) atoms. The number of para-hydroxylation sites is 1. The first kappa shape index (κ1) is 13.6. The van der Waals surface area contributed by atoms with Gasteiger partial charge in [0, 0.05) is 5.69 Å². The Morgan fingerprint density at radius 1 is 1.11 bits per heavy atom. The number of benzene rings is 2. The van der Waals surface area contributed by atoms with E-state index >= 15 is 0 Å². The van der Waals surface area contributed by atoms with E-state index in [4.69, 9.17) is 0 Å². The normalized spacial score (nSPS) is 11.3. The summed E-state index contributed by atoms with van der Waals surface area (Å²) in [6.45, 7) is 1.65. The van der Waals surface area contributed by atoms with Crippen molar-refractivity contribution in [2.45, 2.75) is 18.4 Å². The minimum absolute atomic E-state index is 0.144. The average molecular weight is 277 g/mol. The fourth-order valence-electron chi connectivity index (χ4n) is 1.71. The van der Waals surface area contributed by atoms with Crippen LogP contribution in [0.3, 0.4) is 0 Å². The van der Waals surface area contributed by atoms with Crippen molar-refractivity contribution >= 4 is 15.7 Å². The van der Waals surface area contributed by atoms with Gasteiger partial charge in [-0.1, -0.05) is 24.3 Å². The summed E-state index contributed by atoms with van der Waals surface area (Å²) in [4.78, 5) is 0.144. The maximum absolute atomic E-state index is 12.2. The number of sulfonamides is 1. The zero-order chi connectivity index (χ0) is 13.9. The van der Waals surface area contributed by atoms with Gasteiger partial charge in [0.1, 0.15) is 0 Å². The number of rotatable bonds is 4. The lowest BCUT2D eigenvalue weighted by Gasteiger charge is -2.10. The molecule has 0 aliphatic rings. The Morgan fingerprint density at radius 2 is 1.79 bits per heavy atom. The third-order valence-electron chi connectivity index (χ3n) is 2.83. The molecule has 0 aliphatic heterocycles. The zero-order valence-corrected chi connectivity index (χ0v) is 11.3. The van der Waals surface area contributed by atoms with E-state index < -0.39 is 10.0 Å². The maximum Gasteiger partial charge on any atom is 0.261 e. The molecule has 0 radical (unpaired) electrons. The minimum Gasteiger partial charge on any atom is -0.392 e. The van der Waals surface area contributed by atoms with Crippen LogP contribution in [0.2, 0.25) is 0 Å². The summed E-state index contributed by atoms with van der Waals surface area (Å²) in [7, 11) is -3.62. The summed E-state index contributed by atoms with van der Waals surface area (Å²) >= 11 is 0. The van der Waals surface area contributed by atoms with Crippen molar-refractivity contribution in [1.29, 1.82) is 0 Å². The van der Waals surface area contributed by atoms with Crippen LogP contribution in [0, 0.1) is 6.92 Å². The Morgan fingerprint density at radius 3 is 2.42 bits per heavy atom. The molecular formula is C14H15NO3S. The molecule has 0 spiro atoms. The number of hydrogen-bond acceptors (Lipinski definition) is 3. The van der Waals surface area contributed by atoms with Gasteiger partial charge in [-0.2, -0.15) is 0 Å². The van der Waals surface area contributed by atoms with Gasteiger partial charge in [-0.25, -0.2) is 8.42 Å². The summed E-state index contributed by atoms with van der Waals surface area (Å²) in [6.07, 6.45) is 0. The Balaban J connectivity index is 2.35. The highest BCUT2D eigenvalue weighted by Gasteiger charge is 2.15. The van der Waals surface area contributed by atoms with E-state index in [0.29, 0.717) is 11.3 Å². The molecule has 0 aliphatic carbocycles. The molecule has 0 bridgehead atoms. The number of hydrogen-bond donors (Lipinski definition) is 2. The van der Waals surface area contributed by atoms with Gasteiger partial charge in [0.05, 0.1) is 11.5 Å². The largest absolute Gasteiger partial charge is 0.392 e. The predicted molar refractivity (Wildman–Crippen MR) is 74.4 cm³/mol. The van der Waals surface area contributed by atoms with E-state index in [-0.39, 0.29) is 11.5 Å². The van der Waals surface area contributed by atoms with E-state index in [1.54, 1.807) is 30.3 Å². The lowest BCUT2D eigenvalue weighted by Crippen LogP contribution is -2.13. The average Bonchev–Trinajstić information content (AvgIpc) is 2.39. The highest BCUT2D eigenvalue weighted by Crippen LogP contribution is 2.19. The SMILES string of the molecule is Cc1ccc(S(=O)(=O)Nc2ccccc2)cc1CO. The second kappa shape index (κ2) is 5.42. The number of anilines is 1. The van der Waals surface area contributed by atoms with Gasteiger partial charge in [0.25, 0.3) is 10.0 Å². The smallest absolute Gasteiger partial charge is 0.261 e. The van der Waals surface area contributed by atoms with Gasteiger partial charge < -0.3 is 5.11 Å². The fraction of sp³-hybridized carbons (Fsp3) is 0.143. The molecule has 100 valence electrons. The molecule has 2 aromatic carbocycles. The molecule has 0 fully saturated rings. The number of aliphatic hydroxyl groups excluding tert-OH is 1. The van der Waals surface area contributed by atoms with E-state index in [9.17, 15) is 13.5 Å². The van der Waals surface area contributed by atoms with Gasteiger partial charge >= 0.3 is 0 Å². The molecule has 0 saturated carbocycles. The molecule has 2 aromatic rings. The van der Waals surface area contributed by atoms with E-state index in [2.05, 4.69) is 4.72 Å². The Labute approximate surface area is 112 Å². The number of aryl methyl sites for hydroxylation is 1. The Bertz CT molecular complexity index is 666.